The van der Waals surface area contributed by atoms with E-state index < -0.39 is 29.5 Å². The summed E-state index contributed by atoms with van der Waals surface area (Å²) in [5.41, 5.74) is -0.143. The van der Waals surface area contributed by atoms with E-state index in [-0.39, 0.29) is 11.3 Å². The molecule has 0 radical (unpaired) electrons. The Bertz CT molecular complexity index is 789. The molecule has 1 atom stereocenters. The molecular weight excluding hydrogens is 346 g/mol. The summed E-state index contributed by atoms with van der Waals surface area (Å²) in [6, 6.07) is 1.60. The van der Waals surface area contributed by atoms with Crippen LogP contribution in [0.25, 0.3) is 0 Å². The average Bonchev–Trinajstić information content (AvgIpc) is 3.15. The van der Waals surface area contributed by atoms with Crippen LogP contribution < -0.4 is 5.32 Å². The first-order valence-corrected chi connectivity index (χ1v) is 8.07. The number of likely N-dealkylation sites (N-methyl/N-ethyl adjacent to an activating group) is 1. The van der Waals surface area contributed by atoms with Crippen LogP contribution in [-0.4, -0.2) is 59.8 Å². The van der Waals surface area contributed by atoms with Crippen molar-refractivity contribution in [1.29, 1.82) is 0 Å². The summed E-state index contributed by atoms with van der Waals surface area (Å²) >= 11 is 0. The van der Waals surface area contributed by atoms with Gasteiger partial charge in [-0.15, -0.1) is 0 Å². The lowest BCUT2D eigenvalue weighted by atomic mass is 10.0. The smallest absolute Gasteiger partial charge is 0.274 e. The molecule has 2 aromatic rings. The van der Waals surface area contributed by atoms with Crippen LogP contribution in [0.15, 0.2) is 35.3 Å². The number of halogens is 2. The number of nitrogens with zero attached hydrogens (tertiary/aromatic N) is 3. The van der Waals surface area contributed by atoms with Crippen LogP contribution in [0, 0.1) is 11.6 Å². The fraction of sp³-hybridized carbons (Fsp3) is 0.353. The van der Waals surface area contributed by atoms with E-state index in [0.717, 1.165) is 24.8 Å². The van der Waals surface area contributed by atoms with Gasteiger partial charge in [-0.25, -0.2) is 13.8 Å². The molecule has 0 bridgehead atoms. The quantitative estimate of drug-likeness (QED) is 0.882. The lowest BCUT2D eigenvalue weighted by Gasteiger charge is -2.34. The molecule has 26 heavy (non-hydrogen) atoms. The Morgan fingerprint density at radius 3 is 2.58 bits per heavy atom. The minimum atomic E-state index is -1.29. The Labute approximate surface area is 148 Å². The van der Waals surface area contributed by atoms with Crippen molar-refractivity contribution in [3.05, 3.63) is 53.7 Å². The van der Waals surface area contributed by atoms with Crippen LogP contribution in [0.5, 0.6) is 0 Å². The SMILES string of the molecule is CN1CCN(C(=O)C(NC(=O)c2cocn2)c2ccc(F)cc2F)CC1. The molecule has 9 heteroatoms. The second kappa shape index (κ2) is 7.61. The number of aromatic nitrogens is 1. The summed E-state index contributed by atoms with van der Waals surface area (Å²) in [4.78, 5) is 32.6. The first-order valence-electron chi connectivity index (χ1n) is 8.07. The van der Waals surface area contributed by atoms with Gasteiger partial charge >= 0.3 is 0 Å². The fourth-order valence-electron chi connectivity index (χ4n) is 2.75. The summed E-state index contributed by atoms with van der Waals surface area (Å²) in [6.07, 6.45) is 2.19. The highest BCUT2D eigenvalue weighted by Crippen LogP contribution is 2.22. The highest BCUT2D eigenvalue weighted by atomic mass is 19.1. The topological polar surface area (TPSA) is 78.7 Å². The van der Waals surface area contributed by atoms with Crippen LogP contribution in [0.4, 0.5) is 8.78 Å². The number of rotatable bonds is 4. The molecule has 1 aliphatic rings. The minimum Gasteiger partial charge on any atom is -0.451 e. The summed E-state index contributed by atoms with van der Waals surface area (Å²) in [7, 11) is 1.94. The predicted octanol–water partition coefficient (Wildman–Crippen LogP) is 1.20. The zero-order valence-electron chi connectivity index (χ0n) is 14.1. The summed E-state index contributed by atoms with van der Waals surface area (Å²) in [5, 5.41) is 2.48. The fourth-order valence-corrected chi connectivity index (χ4v) is 2.75. The average molecular weight is 364 g/mol. The number of carbonyl (C=O) groups is 2. The van der Waals surface area contributed by atoms with Gasteiger partial charge in [-0.3, -0.25) is 9.59 Å². The van der Waals surface area contributed by atoms with E-state index in [0.29, 0.717) is 32.2 Å². The Hall–Kier alpha value is -2.81. The van der Waals surface area contributed by atoms with E-state index in [2.05, 4.69) is 15.2 Å². The van der Waals surface area contributed by atoms with Gasteiger partial charge < -0.3 is 19.5 Å². The summed E-state index contributed by atoms with van der Waals surface area (Å²) in [5.74, 6) is -2.81. The van der Waals surface area contributed by atoms with Crippen molar-refractivity contribution in [2.45, 2.75) is 6.04 Å². The number of piperazine rings is 1. The van der Waals surface area contributed by atoms with Gasteiger partial charge in [0, 0.05) is 37.8 Å². The van der Waals surface area contributed by atoms with Gasteiger partial charge in [-0.05, 0) is 13.1 Å². The first kappa shape index (κ1) is 18.0. The minimum absolute atomic E-state index is 0.0382. The number of hydrogen-bond acceptors (Lipinski definition) is 5. The predicted molar refractivity (Wildman–Crippen MR) is 87.1 cm³/mol. The molecule has 2 amide bonds. The molecule has 1 unspecified atom stereocenters. The number of benzene rings is 1. The van der Waals surface area contributed by atoms with Crippen LogP contribution in [-0.2, 0) is 4.79 Å². The maximum absolute atomic E-state index is 14.3. The molecule has 2 heterocycles. The molecule has 1 aromatic heterocycles. The number of amides is 2. The molecule has 1 saturated heterocycles. The zero-order valence-corrected chi connectivity index (χ0v) is 14.1. The van der Waals surface area contributed by atoms with Crippen molar-refractivity contribution in [1.82, 2.24) is 20.1 Å². The Morgan fingerprint density at radius 1 is 1.23 bits per heavy atom. The van der Waals surface area contributed by atoms with Crippen molar-refractivity contribution in [2.75, 3.05) is 33.2 Å². The van der Waals surface area contributed by atoms with Gasteiger partial charge in [0.05, 0.1) is 0 Å². The van der Waals surface area contributed by atoms with Gasteiger partial charge in [0.15, 0.2) is 12.1 Å². The molecule has 1 fully saturated rings. The van der Waals surface area contributed by atoms with Crippen molar-refractivity contribution in [3.63, 3.8) is 0 Å². The lowest BCUT2D eigenvalue weighted by Crippen LogP contribution is -2.51. The second-order valence-corrected chi connectivity index (χ2v) is 6.07. The van der Waals surface area contributed by atoms with Crippen LogP contribution in [0.1, 0.15) is 22.1 Å². The van der Waals surface area contributed by atoms with Gasteiger partial charge in [-0.2, -0.15) is 0 Å². The maximum atomic E-state index is 14.3. The highest BCUT2D eigenvalue weighted by Gasteiger charge is 2.32. The van der Waals surface area contributed by atoms with E-state index in [9.17, 15) is 18.4 Å². The number of oxazole rings is 1. The molecule has 3 rings (SSSR count). The molecular formula is C17H18F2N4O3. The molecule has 138 valence electrons. The third-order valence-electron chi connectivity index (χ3n) is 4.28. The summed E-state index contributed by atoms with van der Waals surface area (Å²) in [6.45, 7) is 2.24. The van der Waals surface area contributed by atoms with Gasteiger partial charge in [0.1, 0.15) is 23.9 Å². The van der Waals surface area contributed by atoms with Gasteiger partial charge in [0.2, 0.25) is 5.91 Å². The standard InChI is InChI=1S/C17H18F2N4O3/c1-22-4-6-23(7-5-22)17(25)15(12-3-2-11(18)8-13(12)19)21-16(24)14-9-26-10-20-14/h2-3,8-10,15H,4-7H2,1H3,(H,21,24). The van der Waals surface area contributed by atoms with Gasteiger partial charge in [-0.1, -0.05) is 6.07 Å². The van der Waals surface area contributed by atoms with Crippen molar-refractivity contribution in [3.8, 4) is 0 Å². The van der Waals surface area contributed by atoms with Crippen LogP contribution >= 0.6 is 0 Å². The van der Waals surface area contributed by atoms with E-state index in [1.165, 1.54) is 0 Å². The molecule has 7 nitrogen and oxygen atoms in total. The Morgan fingerprint density at radius 2 is 1.96 bits per heavy atom. The van der Waals surface area contributed by atoms with Crippen molar-refractivity contribution in [2.24, 2.45) is 0 Å². The summed E-state index contributed by atoms with van der Waals surface area (Å²) < 4.78 is 32.3. The third kappa shape index (κ3) is 3.88. The van der Waals surface area contributed by atoms with E-state index in [1.54, 1.807) is 4.90 Å². The number of hydrogen-bond donors (Lipinski definition) is 1. The zero-order chi connectivity index (χ0) is 18.7. The molecule has 0 spiro atoms. The lowest BCUT2D eigenvalue weighted by molar-refractivity contribution is -0.135. The molecule has 1 aromatic carbocycles. The molecule has 0 aliphatic carbocycles. The van der Waals surface area contributed by atoms with Gasteiger partial charge in [0.25, 0.3) is 5.91 Å². The Balaban J connectivity index is 1.87. The van der Waals surface area contributed by atoms with Crippen LogP contribution in [0.2, 0.25) is 0 Å². The van der Waals surface area contributed by atoms with Crippen molar-refractivity contribution < 1.29 is 22.8 Å². The first-order chi connectivity index (χ1) is 12.5. The number of carbonyl (C=O) groups excluding carboxylic acids is 2. The maximum Gasteiger partial charge on any atom is 0.274 e. The van der Waals surface area contributed by atoms with E-state index in [1.807, 2.05) is 7.05 Å². The largest absolute Gasteiger partial charge is 0.451 e. The van der Waals surface area contributed by atoms with Crippen molar-refractivity contribution >= 4 is 11.8 Å². The normalized spacial score (nSPS) is 16.3. The Kier molecular flexibility index (Phi) is 5.27. The number of nitrogens with one attached hydrogen (secondary N) is 1. The third-order valence-corrected chi connectivity index (χ3v) is 4.28. The molecule has 1 aliphatic heterocycles. The highest BCUT2D eigenvalue weighted by molar-refractivity contribution is 5.96. The second-order valence-electron chi connectivity index (χ2n) is 6.07. The van der Waals surface area contributed by atoms with E-state index in [4.69, 9.17) is 4.42 Å². The molecule has 0 saturated carbocycles. The molecule has 1 N–H and O–H groups in total. The van der Waals surface area contributed by atoms with Crippen LogP contribution in [0.3, 0.4) is 0 Å². The monoisotopic (exact) mass is 364 g/mol. The van der Waals surface area contributed by atoms with E-state index >= 15 is 0 Å².